The van der Waals surface area contributed by atoms with Crippen LogP contribution in [-0.4, -0.2) is 23.5 Å². The highest BCUT2D eigenvalue weighted by Crippen LogP contribution is 1.60. The molecule has 0 fully saturated rings. The number of aliphatic carboxylic acids is 1. The molecule has 4 nitrogen and oxygen atoms in total. The van der Waals surface area contributed by atoms with Crippen molar-refractivity contribution < 1.29 is 14.7 Å². The van der Waals surface area contributed by atoms with Crippen molar-refractivity contribution in [1.82, 2.24) is 5.32 Å². The Labute approximate surface area is 46.5 Å². The second-order valence-electron chi connectivity index (χ2n) is 1.30. The van der Waals surface area contributed by atoms with Crippen LogP contribution >= 0.6 is 0 Å². The molecule has 0 spiro atoms. The topological polar surface area (TPSA) is 66.4 Å². The third-order valence-corrected chi connectivity index (χ3v) is 0.489. The van der Waals surface area contributed by atoms with Crippen LogP contribution in [0.1, 0.15) is 6.92 Å². The van der Waals surface area contributed by atoms with Gasteiger partial charge in [-0.1, -0.05) is 0 Å². The standard InChI is InChI=1S/C4H7NO3/c1-3(6)5-2-4(7)8/h2H2,1H3,(H,5,6)(H,7,8)/i5+1. The number of amides is 1. The van der Waals surface area contributed by atoms with Gasteiger partial charge in [-0.2, -0.15) is 0 Å². The zero-order valence-electron chi connectivity index (χ0n) is 4.47. The Morgan fingerprint density at radius 1 is 1.62 bits per heavy atom. The largest absolute Gasteiger partial charge is 0.480 e. The van der Waals surface area contributed by atoms with Gasteiger partial charge in [0.2, 0.25) is 5.91 Å². The first kappa shape index (κ1) is 6.94. The Bertz CT molecular complexity index is 95.9. The van der Waals surface area contributed by atoms with Gasteiger partial charge in [0.15, 0.2) is 0 Å². The van der Waals surface area contributed by atoms with E-state index in [1.165, 1.54) is 6.92 Å². The third kappa shape index (κ3) is 4.94. The molecule has 8 heavy (non-hydrogen) atoms. The highest BCUT2D eigenvalue weighted by molar-refractivity contribution is 5.79. The molecule has 46 valence electrons. The molecule has 0 aliphatic rings. The van der Waals surface area contributed by atoms with E-state index in [0.29, 0.717) is 0 Å². The lowest BCUT2D eigenvalue weighted by Gasteiger charge is -1.92. The number of hydrogen-bond donors (Lipinski definition) is 2. The molecule has 0 heterocycles. The molecule has 0 atom stereocenters. The van der Waals surface area contributed by atoms with E-state index in [1.54, 1.807) is 0 Å². The van der Waals surface area contributed by atoms with Gasteiger partial charge in [-0.05, 0) is 0 Å². The fourth-order valence-electron chi connectivity index (χ4n) is 0.200. The summed E-state index contributed by atoms with van der Waals surface area (Å²) in [5.41, 5.74) is 0. The van der Waals surface area contributed by atoms with Gasteiger partial charge >= 0.3 is 5.97 Å². The molecule has 0 aromatic heterocycles. The van der Waals surface area contributed by atoms with E-state index in [1.807, 2.05) is 0 Å². The van der Waals surface area contributed by atoms with E-state index in [4.69, 9.17) is 5.11 Å². The number of rotatable bonds is 2. The smallest absolute Gasteiger partial charge is 0.322 e. The van der Waals surface area contributed by atoms with Crippen molar-refractivity contribution in [2.24, 2.45) is 0 Å². The van der Waals surface area contributed by atoms with E-state index < -0.39 is 5.97 Å². The Kier molecular flexibility index (Phi) is 2.61. The summed E-state index contributed by atoms with van der Waals surface area (Å²) in [5.74, 6) is -1.35. The minimum Gasteiger partial charge on any atom is -0.480 e. The van der Waals surface area contributed by atoms with E-state index in [2.05, 4.69) is 5.32 Å². The maximum atomic E-state index is 9.97. The van der Waals surface area contributed by atoms with Crippen LogP contribution < -0.4 is 5.32 Å². The average Bonchev–Trinajstić information content (AvgIpc) is 1.61. The normalized spacial score (nSPS) is 8.12. The van der Waals surface area contributed by atoms with Crippen LogP contribution in [0.4, 0.5) is 0 Å². The van der Waals surface area contributed by atoms with Gasteiger partial charge in [0.25, 0.3) is 0 Å². The molecule has 0 radical (unpaired) electrons. The van der Waals surface area contributed by atoms with E-state index in [-0.39, 0.29) is 12.5 Å². The minimum absolute atomic E-state index is 0.296. The maximum absolute atomic E-state index is 9.97. The van der Waals surface area contributed by atoms with Crippen molar-refractivity contribution in [3.8, 4) is 0 Å². The van der Waals surface area contributed by atoms with Gasteiger partial charge in [-0.25, -0.2) is 0 Å². The van der Waals surface area contributed by atoms with Gasteiger partial charge < -0.3 is 10.4 Å². The van der Waals surface area contributed by atoms with Gasteiger partial charge in [-0.15, -0.1) is 0 Å². The molecule has 0 saturated carbocycles. The highest BCUT2D eigenvalue weighted by Gasteiger charge is 1.94. The fourth-order valence-corrected chi connectivity index (χ4v) is 0.200. The highest BCUT2D eigenvalue weighted by atomic mass is 16.4. The van der Waals surface area contributed by atoms with Crippen LogP contribution in [0.3, 0.4) is 0 Å². The third-order valence-electron chi connectivity index (χ3n) is 0.489. The number of nitrogens with one attached hydrogen (secondary N) is 1. The quantitative estimate of drug-likeness (QED) is 0.467. The summed E-state index contributed by atoms with van der Waals surface area (Å²) in [7, 11) is 0. The Hall–Kier alpha value is -1.06. The van der Waals surface area contributed by atoms with Gasteiger partial charge in [0.05, 0.1) is 0 Å². The average molecular weight is 118 g/mol. The lowest BCUT2D eigenvalue weighted by Crippen LogP contribution is -2.26. The SMILES string of the molecule is CC(=O)[15NH]CC(=O)O. The molecular weight excluding hydrogens is 111 g/mol. The van der Waals surface area contributed by atoms with Crippen molar-refractivity contribution in [1.29, 1.82) is 0 Å². The Balaban J connectivity index is 3.18. The number of hydrogen-bond acceptors (Lipinski definition) is 2. The first-order chi connectivity index (χ1) is 3.63. The molecule has 4 heteroatoms. The summed E-state index contributed by atoms with van der Waals surface area (Å²) in [6, 6.07) is 0. The summed E-state index contributed by atoms with van der Waals surface area (Å²) in [4.78, 5) is 19.7. The van der Waals surface area contributed by atoms with Gasteiger partial charge in [-0.3, -0.25) is 9.59 Å². The number of carboxylic acids is 1. The lowest BCUT2D eigenvalue weighted by atomic mass is 10.7. The molecule has 0 aromatic rings. The molecule has 0 bridgehead atoms. The van der Waals surface area contributed by atoms with E-state index >= 15 is 0 Å². The van der Waals surface area contributed by atoms with E-state index in [9.17, 15) is 9.59 Å². The molecule has 2 N–H and O–H groups in total. The predicted molar refractivity (Wildman–Crippen MR) is 26.3 cm³/mol. The molecule has 0 rings (SSSR count). The molecule has 0 unspecified atom stereocenters. The van der Waals surface area contributed by atoms with Crippen LogP contribution in [0, 0.1) is 0 Å². The molecule has 0 aromatic carbocycles. The fraction of sp³-hybridized carbons (Fsp3) is 0.500. The van der Waals surface area contributed by atoms with Crippen LogP contribution in [0.2, 0.25) is 0 Å². The van der Waals surface area contributed by atoms with Crippen LogP contribution in [0.25, 0.3) is 0 Å². The first-order valence-electron chi connectivity index (χ1n) is 2.09. The van der Waals surface area contributed by atoms with Crippen LogP contribution in [0.15, 0.2) is 0 Å². The van der Waals surface area contributed by atoms with Gasteiger partial charge in [0.1, 0.15) is 6.54 Å². The molecule has 1 amide bonds. The zero-order chi connectivity index (χ0) is 6.57. The maximum Gasteiger partial charge on any atom is 0.322 e. The first-order valence-corrected chi connectivity index (χ1v) is 2.09. The molecular formula is C4H7NO3. The molecule has 0 aliphatic carbocycles. The second kappa shape index (κ2) is 3.01. The number of carboxylic acid groups (broad SMARTS) is 1. The van der Waals surface area contributed by atoms with Crippen molar-refractivity contribution in [2.75, 3.05) is 6.54 Å². The lowest BCUT2D eigenvalue weighted by molar-refractivity contribution is -0.137. The molecule has 0 saturated heterocycles. The summed E-state index contributed by atoms with van der Waals surface area (Å²) in [6.45, 7) is 0.971. The van der Waals surface area contributed by atoms with Crippen LogP contribution in [-0.2, 0) is 9.59 Å². The molecule has 0 aliphatic heterocycles. The second-order valence-corrected chi connectivity index (χ2v) is 1.30. The van der Waals surface area contributed by atoms with Crippen molar-refractivity contribution in [3.05, 3.63) is 0 Å². The number of carbonyl (C=O) groups is 2. The predicted octanol–water partition coefficient (Wildman–Crippen LogP) is -0.793. The minimum atomic E-state index is -1.03. The van der Waals surface area contributed by atoms with Crippen molar-refractivity contribution in [2.45, 2.75) is 6.92 Å². The summed E-state index contributed by atoms with van der Waals surface area (Å²) < 4.78 is 0. The zero-order valence-corrected chi connectivity index (χ0v) is 4.47. The van der Waals surface area contributed by atoms with Gasteiger partial charge in [0, 0.05) is 6.92 Å². The summed E-state index contributed by atoms with van der Waals surface area (Å²) >= 11 is 0. The van der Waals surface area contributed by atoms with Crippen molar-refractivity contribution >= 4 is 11.9 Å². The van der Waals surface area contributed by atoms with Crippen molar-refractivity contribution in [3.63, 3.8) is 0 Å². The number of carbonyl (C=O) groups excluding carboxylic acids is 1. The van der Waals surface area contributed by atoms with Crippen LogP contribution in [0.5, 0.6) is 0 Å². The van der Waals surface area contributed by atoms with E-state index in [0.717, 1.165) is 0 Å². The summed E-state index contributed by atoms with van der Waals surface area (Å²) in [5, 5.41) is 10.1. The Morgan fingerprint density at radius 2 is 2.12 bits per heavy atom. The Morgan fingerprint density at radius 3 is 2.25 bits per heavy atom. The monoisotopic (exact) mass is 118 g/mol. The summed E-state index contributed by atoms with van der Waals surface area (Å²) in [6.07, 6.45) is 0.